The molecule has 3 rings (SSSR count). The predicted octanol–water partition coefficient (Wildman–Crippen LogP) is 1.47. The van der Waals surface area contributed by atoms with E-state index < -0.39 is 24.2 Å². The average molecular weight is 418 g/mol. The summed E-state index contributed by atoms with van der Waals surface area (Å²) in [5.41, 5.74) is 0.336. The molecule has 0 amide bonds. The first-order valence-electron chi connectivity index (χ1n) is 7.05. The third-order valence-electron chi connectivity index (χ3n) is 4.61. The highest BCUT2D eigenvalue weighted by Crippen LogP contribution is 2.48. The van der Waals surface area contributed by atoms with Gasteiger partial charge in [0.1, 0.15) is 0 Å². The van der Waals surface area contributed by atoms with Crippen LogP contribution < -0.4 is 0 Å². The van der Waals surface area contributed by atoms with E-state index in [2.05, 4.69) is 33.9 Å². The first-order chi connectivity index (χ1) is 10.4. The lowest BCUT2D eigenvalue weighted by Crippen LogP contribution is -2.34. The van der Waals surface area contributed by atoms with E-state index in [-0.39, 0.29) is 30.1 Å². The lowest BCUT2D eigenvalue weighted by atomic mass is 9.68. The molecule has 1 saturated carbocycles. The van der Waals surface area contributed by atoms with Gasteiger partial charge in [-0.3, -0.25) is 9.59 Å². The Balaban J connectivity index is 1.87. The van der Waals surface area contributed by atoms with Crippen molar-refractivity contribution in [3.8, 4) is 0 Å². The summed E-state index contributed by atoms with van der Waals surface area (Å²) in [7, 11) is 0. The number of allylic oxidation sites excluding steroid dienone is 2. The molecule has 0 bridgehead atoms. The van der Waals surface area contributed by atoms with Gasteiger partial charge in [0.05, 0.1) is 12.3 Å². The summed E-state index contributed by atoms with van der Waals surface area (Å²) >= 11 is 2.12. The van der Waals surface area contributed by atoms with Crippen LogP contribution in [0.1, 0.15) is 19.3 Å². The number of hydrogen-bond acceptors (Lipinski definition) is 6. The average Bonchev–Trinajstić information content (AvgIpc) is 2.89. The van der Waals surface area contributed by atoms with Gasteiger partial charge in [-0.2, -0.15) is 0 Å². The molecular formula is C15H15IO6. The fraction of sp³-hybridized carbons (Fsp3) is 0.533. The quantitative estimate of drug-likeness (QED) is 0.316. The Labute approximate surface area is 140 Å². The van der Waals surface area contributed by atoms with E-state index in [1.165, 1.54) is 0 Å². The van der Waals surface area contributed by atoms with E-state index >= 15 is 0 Å². The van der Waals surface area contributed by atoms with Crippen LogP contribution in [0.5, 0.6) is 0 Å². The van der Waals surface area contributed by atoms with E-state index in [0.29, 0.717) is 18.4 Å². The fourth-order valence-electron chi connectivity index (χ4n) is 3.51. The summed E-state index contributed by atoms with van der Waals surface area (Å²) < 4.78 is 10.3. The topological polar surface area (TPSA) is 89.9 Å². The number of esters is 3. The number of halogens is 1. The van der Waals surface area contributed by atoms with Crippen molar-refractivity contribution in [2.45, 2.75) is 25.6 Å². The van der Waals surface area contributed by atoms with Crippen LogP contribution in [0, 0.1) is 23.7 Å². The maximum Gasteiger partial charge on any atom is 0.341 e. The van der Waals surface area contributed by atoms with Crippen LogP contribution in [0.4, 0.5) is 0 Å². The van der Waals surface area contributed by atoms with Gasteiger partial charge in [0.2, 0.25) is 6.29 Å². The SMILES string of the molecule is C=C(I)C1CC2C(O)OC(=O)C2CC1/C=C1\CC(=O)OC1=O. The molecule has 0 aromatic carbocycles. The molecule has 0 spiro atoms. The van der Waals surface area contributed by atoms with E-state index in [1.807, 2.05) is 0 Å². The molecule has 2 heterocycles. The van der Waals surface area contributed by atoms with Crippen LogP contribution in [-0.4, -0.2) is 29.3 Å². The number of ether oxygens (including phenoxy) is 2. The second-order valence-corrected chi connectivity index (χ2v) is 7.30. The molecule has 22 heavy (non-hydrogen) atoms. The van der Waals surface area contributed by atoms with Gasteiger partial charge in [0, 0.05) is 11.5 Å². The Morgan fingerprint density at radius 3 is 2.64 bits per heavy atom. The van der Waals surface area contributed by atoms with Crippen LogP contribution in [-0.2, 0) is 23.9 Å². The number of aliphatic hydroxyl groups excluding tert-OH is 1. The highest BCUT2D eigenvalue weighted by molar-refractivity contribution is 14.1. The molecule has 0 aromatic rings. The van der Waals surface area contributed by atoms with Crippen LogP contribution in [0.2, 0.25) is 0 Å². The van der Waals surface area contributed by atoms with Gasteiger partial charge in [-0.25, -0.2) is 4.79 Å². The molecule has 0 radical (unpaired) electrons. The van der Waals surface area contributed by atoms with Crippen molar-refractivity contribution in [3.05, 3.63) is 21.8 Å². The second kappa shape index (κ2) is 5.77. The molecule has 3 fully saturated rings. The number of fused-ring (bicyclic) bond motifs is 1. The fourth-order valence-corrected chi connectivity index (χ4v) is 4.22. The van der Waals surface area contributed by atoms with Gasteiger partial charge in [-0.05, 0) is 50.8 Å². The normalized spacial score (nSPS) is 39.6. The molecule has 2 saturated heterocycles. The molecule has 2 aliphatic heterocycles. The van der Waals surface area contributed by atoms with Crippen molar-refractivity contribution in [3.63, 3.8) is 0 Å². The minimum absolute atomic E-state index is 0.0157. The summed E-state index contributed by atoms with van der Waals surface area (Å²) in [4.78, 5) is 34.6. The number of aliphatic hydroxyl groups is 1. The zero-order valence-corrected chi connectivity index (χ0v) is 13.8. The molecule has 1 aliphatic carbocycles. The zero-order chi connectivity index (χ0) is 16.0. The molecule has 3 aliphatic rings. The third kappa shape index (κ3) is 2.71. The smallest absolute Gasteiger partial charge is 0.341 e. The summed E-state index contributed by atoms with van der Waals surface area (Å²) in [6, 6.07) is 0. The molecular weight excluding hydrogens is 403 g/mol. The molecule has 0 aromatic heterocycles. The van der Waals surface area contributed by atoms with Crippen molar-refractivity contribution in [1.82, 2.24) is 0 Å². The van der Waals surface area contributed by atoms with Gasteiger partial charge < -0.3 is 14.6 Å². The number of hydrogen-bond donors (Lipinski definition) is 1. The van der Waals surface area contributed by atoms with Crippen molar-refractivity contribution in [1.29, 1.82) is 0 Å². The van der Waals surface area contributed by atoms with E-state index in [9.17, 15) is 19.5 Å². The van der Waals surface area contributed by atoms with E-state index in [1.54, 1.807) is 6.08 Å². The van der Waals surface area contributed by atoms with Gasteiger partial charge in [-0.15, -0.1) is 0 Å². The maximum absolute atomic E-state index is 11.8. The molecule has 1 N–H and O–H groups in total. The Morgan fingerprint density at radius 2 is 2.05 bits per heavy atom. The van der Waals surface area contributed by atoms with E-state index in [4.69, 9.17) is 4.74 Å². The monoisotopic (exact) mass is 418 g/mol. The molecule has 118 valence electrons. The van der Waals surface area contributed by atoms with Crippen LogP contribution in [0.3, 0.4) is 0 Å². The van der Waals surface area contributed by atoms with Crippen molar-refractivity contribution < 1.29 is 29.0 Å². The maximum atomic E-state index is 11.8. The molecule has 7 heteroatoms. The minimum Gasteiger partial charge on any atom is -0.435 e. The highest BCUT2D eigenvalue weighted by Gasteiger charge is 2.50. The lowest BCUT2D eigenvalue weighted by Gasteiger charge is -2.35. The summed E-state index contributed by atoms with van der Waals surface area (Å²) in [6.07, 6.45) is 1.67. The van der Waals surface area contributed by atoms with Crippen molar-refractivity contribution in [2.24, 2.45) is 23.7 Å². The van der Waals surface area contributed by atoms with Gasteiger partial charge in [0.15, 0.2) is 0 Å². The summed E-state index contributed by atoms with van der Waals surface area (Å²) in [5.74, 6) is -2.26. The Kier molecular flexibility index (Phi) is 4.11. The zero-order valence-electron chi connectivity index (χ0n) is 11.7. The Morgan fingerprint density at radius 1 is 1.32 bits per heavy atom. The van der Waals surface area contributed by atoms with E-state index in [0.717, 1.165) is 3.58 Å². The highest BCUT2D eigenvalue weighted by atomic mass is 127. The number of carbonyl (C=O) groups excluding carboxylic acids is 3. The van der Waals surface area contributed by atoms with Crippen molar-refractivity contribution >= 4 is 40.5 Å². The van der Waals surface area contributed by atoms with Gasteiger partial charge in [0.25, 0.3) is 0 Å². The Bertz CT molecular complexity index is 595. The van der Waals surface area contributed by atoms with Crippen LogP contribution in [0.15, 0.2) is 21.8 Å². The van der Waals surface area contributed by atoms with Crippen LogP contribution in [0.25, 0.3) is 0 Å². The Hall–Kier alpha value is -1.22. The number of cyclic esters (lactones) is 3. The number of rotatable bonds is 2. The van der Waals surface area contributed by atoms with Crippen molar-refractivity contribution in [2.75, 3.05) is 0 Å². The lowest BCUT2D eigenvalue weighted by molar-refractivity contribution is -0.157. The second-order valence-electron chi connectivity index (χ2n) is 5.92. The summed E-state index contributed by atoms with van der Waals surface area (Å²) in [6.45, 7) is 3.96. The largest absolute Gasteiger partial charge is 0.435 e. The molecule has 5 atom stereocenters. The first-order valence-corrected chi connectivity index (χ1v) is 8.13. The predicted molar refractivity (Wildman–Crippen MR) is 82.3 cm³/mol. The van der Waals surface area contributed by atoms with Gasteiger partial charge >= 0.3 is 17.9 Å². The first kappa shape index (κ1) is 15.7. The van der Waals surface area contributed by atoms with Gasteiger partial charge in [-0.1, -0.05) is 12.7 Å². The molecule has 5 unspecified atom stereocenters. The number of carbonyl (C=O) groups is 3. The minimum atomic E-state index is -1.07. The summed E-state index contributed by atoms with van der Waals surface area (Å²) in [5, 5.41) is 9.83. The third-order valence-corrected chi connectivity index (χ3v) is 5.41. The standard InChI is InChI=1S/C15H15IO6/c1-6(16)9-5-11-10(14(19)22-15(11)20)3-7(9)2-8-4-12(17)21-13(8)18/h2,7,9-11,15,20H,1,3-5H2/b8-2+. The van der Waals surface area contributed by atoms with Crippen LogP contribution >= 0.6 is 22.6 Å². The molecule has 6 nitrogen and oxygen atoms in total.